The Morgan fingerprint density at radius 3 is 2.89 bits per heavy atom. The maximum Gasteiger partial charge on any atom is 0.134 e. The van der Waals surface area contributed by atoms with E-state index in [1.54, 1.807) is 0 Å². The Bertz CT molecular complexity index is 439. The van der Waals surface area contributed by atoms with Gasteiger partial charge in [-0.1, -0.05) is 6.42 Å². The van der Waals surface area contributed by atoms with Gasteiger partial charge in [-0.3, -0.25) is 0 Å². The van der Waals surface area contributed by atoms with Crippen LogP contribution >= 0.6 is 0 Å². The van der Waals surface area contributed by atoms with Gasteiger partial charge < -0.3 is 15.7 Å². The smallest absolute Gasteiger partial charge is 0.134 e. The third kappa shape index (κ3) is 1.92. The van der Waals surface area contributed by atoms with Gasteiger partial charge in [0.15, 0.2) is 0 Å². The van der Waals surface area contributed by atoms with Crippen LogP contribution in [0.1, 0.15) is 32.1 Å². The lowest BCUT2D eigenvalue weighted by Crippen LogP contribution is -2.47. The molecular weight excluding hydrogens is 228 g/mol. The molecule has 5 nitrogen and oxygen atoms in total. The molecule has 1 aliphatic carbocycles. The van der Waals surface area contributed by atoms with Gasteiger partial charge in [-0.15, -0.1) is 0 Å². The molecule has 1 saturated carbocycles. The van der Waals surface area contributed by atoms with E-state index in [1.807, 2.05) is 6.07 Å². The van der Waals surface area contributed by atoms with Crippen LogP contribution in [-0.2, 0) is 0 Å². The summed E-state index contributed by atoms with van der Waals surface area (Å²) in [6.45, 7) is 1.88. The molecule has 0 amide bonds. The highest BCUT2D eigenvalue weighted by atomic mass is 16.3. The van der Waals surface area contributed by atoms with E-state index in [9.17, 15) is 5.11 Å². The normalized spacial score (nSPS) is 32.1. The number of aliphatic hydroxyl groups is 1. The molecule has 18 heavy (non-hydrogen) atoms. The minimum Gasteiger partial charge on any atom is -0.392 e. The monoisotopic (exact) mass is 248 g/mol. The Labute approximate surface area is 107 Å². The van der Waals surface area contributed by atoms with E-state index in [0.29, 0.717) is 5.82 Å². The molecule has 2 aliphatic rings. The van der Waals surface area contributed by atoms with Crippen molar-refractivity contribution in [3.05, 3.63) is 12.4 Å². The molecule has 1 aliphatic heterocycles. The van der Waals surface area contributed by atoms with Crippen LogP contribution in [0, 0.1) is 5.41 Å². The second-order valence-corrected chi connectivity index (χ2v) is 5.60. The molecule has 1 aromatic heterocycles. The molecule has 3 rings (SSSR count). The SMILES string of the molecule is Nc1cc(N2CCC[C@@]3(CCC[C@H]3O)C2)ncn1. The number of nitrogen functional groups attached to an aromatic ring is 1. The summed E-state index contributed by atoms with van der Waals surface area (Å²) >= 11 is 0. The van der Waals surface area contributed by atoms with E-state index in [4.69, 9.17) is 5.73 Å². The van der Waals surface area contributed by atoms with Crippen LogP contribution in [0.5, 0.6) is 0 Å². The highest BCUT2D eigenvalue weighted by Gasteiger charge is 2.44. The van der Waals surface area contributed by atoms with Crippen molar-refractivity contribution in [1.82, 2.24) is 9.97 Å². The number of hydrogen-bond donors (Lipinski definition) is 2. The van der Waals surface area contributed by atoms with Gasteiger partial charge in [-0.05, 0) is 25.7 Å². The van der Waals surface area contributed by atoms with E-state index in [1.165, 1.54) is 6.33 Å². The zero-order chi connectivity index (χ0) is 12.6. The fourth-order valence-corrected chi connectivity index (χ4v) is 3.49. The number of aromatic nitrogens is 2. The summed E-state index contributed by atoms with van der Waals surface area (Å²) in [6, 6.07) is 1.82. The van der Waals surface area contributed by atoms with Crippen LogP contribution in [0.25, 0.3) is 0 Å². The number of hydrogen-bond acceptors (Lipinski definition) is 5. The highest BCUT2D eigenvalue weighted by molar-refractivity contribution is 5.46. The van der Waals surface area contributed by atoms with Gasteiger partial charge in [0.1, 0.15) is 18.0 Å². The molecule has 0 bridgehead atoms. The van der Waals surface area contributed by atoms with Crippen LogP contribution in [0.15, 0.2) is 12.4 Å². The van der Waals surface area contributed by atoms with Gasteiger partial charge in [0.2, 0.25) is 0 Å². The Morgan fingerprint density at radius 2 is 2.17 bits per heavy atom. The number of rotatable bonds is 1. The van der Waals surface area contributed by atoms with Crippen molar-refractivity contribution >= 4 is 11.6 Å². The molecule has 0 radical (unpaired) electrons. The van der Waals surface area contributed by atoms with E-state index in [-0.39, 0.29) is 11.5 Å². The van der Waals surface area contributed by atoms with E-state index in [0.717, 1.165) is 51.0 Å². The lowest BCUT2D eigenvalue weighted by molar-refractivity contribution is 0.0408. The Kier molecular flexibility index (Phi) is 2.86. The summed E-state index contributed by atoms with van der Waals surface area (Å²) < 4.78 is 0. The van der Waals surface area contributed by atoms with Crippen LogP contribution in [0.4, 0.5) is 11.6 Å². The van der Waals surface area contributed by atoms with E-state index >= 15 is 0 Å². The third-order valence-electron chi connectivity index (χ3n) is 4.47. The maximum atomic E-state index is 10.2. The molecule has 0 aromatic carbocycles. The molecule has 1 aromatic rings. The number of nitrogens with zero attached hydrogens (tertiary/aromatic N) is 3. The third-order valence-corrected chi connectivity index (χ3v) is 4.47. The molecule has 0 unspecified atom stereocenters. The first-order chi connectivity index (χ1) is 8.70. The first-order valence-electron chi connectivity index (χ1n) is 6.70. The fraction of sp³-hybridized carbons (Fsp3) is 0.692. The minimum atomic E-state index is -0.153. The van der Waals surface area contributed by atoms with Gasteiger partial charge in [0, 0.05) is 24.6 Å². The van der Waals surface area contributed by atoms with Crippen LogP contribution in [0.2, 0.25) is 0 Å². The van der Waals surface area contributed by atoms with E-state index in [2.05, 4.69) is 14.9 Å². The predicted octanol–water partition coefficient (Wildman–Crippen LogP) is 1.19. The highest BCUT2D eigenvalue weighted by Crippen LogP contribution is 2.45. The first-order valence-corrected chi connectivity index (χ1v) is 6.70. The summed E-state index contributed by atoms with van der Waals surface area (Å²) in [7, 11) is 0. The molecule has 3 N–H and O–H groups in total. The average Bonchev–Trinajstić information content (AvgIpc) is 2.71. The summed E-state index contributed by atoms with van der Waals surface area (Å²) in [5, 5.41) is 10.2. The predicted molar refractivity (Wildman–Crippen MR) is 70.2 cm³/mol. The Balaban J connectivity index is 1.82. The van der Waals surface area contributed by atoms with Crippen LogP contribution in [0.3, 0.4) is 0 Å². The molecular formula is C13H20N4O. The Morgan fingerprint density at radius 1 is 1.33 bits per heavy atom. The molecule has 2 fully saturated rings. The zero-order valence-corrected chi connectivity index (χ0v) is 10.5. The van der Waals surface area contributed by atoms with Crippen LogP contribution in [-0.4, -0.2) is 34.3 Å². The lowest BCUT2D eigenvalue weighted by Gasteiger charge is -2.43. The summed E-state index contributed by atoms with van der Waals surface area (Å²) in [5.74, 6) is 1.40. The van der Waals surface area contributed by atoms with Gasteiger partial charge in [-0.25, -0.2) is 9.97 Å². The first kappa shape index (κ1) is 11.7. The molecule has 2 atom stereocenters. The van der Waals surface area contributed by atoms with Crippen molar-refractivity contribution < 1.29 is 5.11 Å². The van der Waals surface area contributed by atoms with Crippen molar-refractivity contribution in [2.45, 2.75) is 38.2 Å². The molecule has 1 saturated heterocycles. The van der Waals surface area contributed by atoms with Crippen molar-refractivity contribution in [2.24, 2.45) is 5.41 Å². The molecule has 2 heterocycles. The summed E-state index contributed by atoms with van der Waals surface area (Å²) in [4.78, 5) is 10.5. The zero-order valence-electron chi connectivity index (χ0n) is 10.5. The van der Waals surface area contributed by atoms with Crippen LogP contribution < -0.4 is 10.6 Å². The number of nitrogens with two attached hydrogens (primary N) is 1. The lowest BCUT2D eigenvalue weighted by atomic mass is 9.77. The van der Waals surface area contributed by atoms with E-state index < -0.39 is 0 Å². The minimum absolute atomic E-state index is 0.0813. The van der Waals surface area contributed by atoms with Gasteiger partial charge >= 0.3 is 0 Å². The largest absolute Gasteiger partial charge is 0.392 e. The quantitative estimate of drug-likeness (QED) is 0.781. The summed E-state index contributed by atoms with van der Waals surface area (Å²) in [6.07, 6.45) is 6.81. The van der Waals surface area contributed by atoms with Gasteiger partial charge in [0.05, 0.1) is 6.10 Å². The number of aliphatic hydroxyl groups excluding tert-OH is 1. The topological polar surface area (TPSA) is 75.3 Å². The molecule has 5 heteroatoms. The van der Waals surface area contributed by atoms with Gasteiger partial charge in [0.25, 0.3) is 0 Å². The maximum absolute atomic E-state index is 10.2. The fourth-order valence-electron chi connectivity index (χ4n) is 3.49. The van der Waals surface area contributed by atoms with Crippen molar-refractivity contribution in [3.8, 4) is 0 Å². The molecule has 1 spiro atoms. The number of piperidine rings is 1. The van der Waals surface area contributed by atoms with Crippen molar-refractivity contribution in [1.29, 1.82) is 0 Å². The second kappa shape index (κ2) is 4.39. The molecule has 98 valence electrons. The number of anilines is 2. The van der Waals surface area contributed by atoms with Gasteiger partial charge in [-0.2, -0.15) is 0 Å². The Hall–Kier alpha value is -1.36. The second-order valence-electron chi connectivity index (χ2n) is 5.60. The summed E-state index contributed by atoms with van der Waals surface area (Å²) in [5.41, 5.74) is 5.79. The van der Waals surface area contributed by atoms with Crippen molar-refractivity contribution in [2.75, 3.05) is 23.7 Å². The standard InChI is InChI=1S/C13H20N4O/c14-11-7-12(16-9-15-11)17-6-2-5-13(8-17)4-1-3-10(13)18/h7,9-10,18H,1-6,8H2,(H2,14,15,16)/t10-,13+/m1/s1. The average molecular weight is 248 g/mol. The van der Waals surface area contributed by atoms with Crippen molar-refractivity contribution in [3.63, 3.8) is 0 Å².